The molecule has 0 spiro atoms. The molecule has 10 nitrogen and oxygen atoms in total. The number of fused-ring (bicyclic) bond motifs is 1. The molecular formula is C31H32F2N2O8S2. The smallest absolute Gasteiger partial charge is 0.387 e. The second-order valence-electron chi connectivity index (χ2n) is 10.5. The maximum atomic E-state index is 13.6. The fraction of sp³-hybridized carbons (Fsp3) is 0.323. The lowest BCUT2D eigenvalue weighted by molar-refractivity contribution is -0.124. The monoisotopic (exact) mass is 662 g/mol. The van der Waals surface area contributed by atoms with E-state index in [4.69, 9.17) is 4.42 Å². The van der Waals surface area contributed by atoms with Crippen molar-refractivity contribution in [2.75, 3.05) is 11.5 Å². The van der Waals surface area contributed by atoms with Crippen molar-refractivity contribution >= 4 is 42.5 Å². The van der Waals surface area contributed by atoms with E-state index in [1.165, 1.54) is 24.3 Å². The van der Waals surface area contributed by atoms with Crippen molar-refractivity contribution in [3.63, 3.8) is 0 Å². The van der Waals surface area contributed by atoms with Gasteiger partial charge < -0.3 is 14.5 Å². The zero-order chi connectivity index (χ0) is 32.6. The van der Waals surface area contributed by atoms with Crippen molar-refractivity contribution in [1.29, 1.82) is 0 Å². The summed E-state index contributed by atoms with van der Waals surface area (Å²) in [6.45, 7) is -1.44. The predicted octanol–water partition coefficient (Wildman–Crippen LogP) is 4.74. The number of ether oxygens (including phenoxy) is 1. The van der Waals surface area contributed by atoms with Crippen LogP contribution in [0.15, 0.2) is 83.3 Å². The van der Waals surface area contributed by atoms with Gasteiger partial charge in [-0.2, -0.15) is 8.78 Å². The number of ketones is 1. The third kappa shape index (κ3) is 9.66. The molecule has 0 saturated heterocycles. The van der Waals surface area contributed by atoms with Crippen LogP contribution in [0.3, 0.4) is 0 Å². The van der Waals surface area contributed by atoms with Crippen molar-refractivity contribution in [3.8, 4) is 5.75 Å². The number of rotatable bonds is 16. The number of nitrogens with zero attached hydrogens (tertiary/aromatic N) is 1. The van der Waals surface area contributed by atoms with Gasteiger partial charge in [-0.05, 0) is 30.2 Å². The van der Waals surface area contributed by atoms with Gasteiger partial charge in [0.15, 0.2) is 25.3 Å². The van der Waals surface area contributed by atoms with Crippen molar-refractivity contribution in [2.45, 2.75) is 43.9 Å². The average Bonchev–Trinajstić information content (AvgIpc) is 3.41. The minimum Gasteiger partial charge on any atom is -0.435 e. The number of benzene rings is 3. The van der Waals surface area contributed by atoms with Crippen molar-refractivity contribution in [2.24, 2.45) is 5.92 Å². The molecule has 0 aliphatic rings. The molecule has 0 aliphatic carbocycles. The van der Waals surface area contributed by atoms with Crippen LogP contribution < -0.4 is 10.1 Å². The van der Waals surface area contributed by atoms with Gasteiger partial charge in [0.2, 0.25) is 11.7 Å². The number of sulfone groups is 2. The normalized spacial score (nSPS) is 13.4. The maximum Gasteiger partial charge on any atom is 0.387 e. The zero-order valence-electron chi connectivity index (χ0n) is 24.3. The fourth-order valence-corrected chi connectivity index (χ4v) is 8.37. The van der Waals surface area contributed by atoms with E-state index >= 15 is 0 Å². The van der Waals surface area contributed by atoms with Crippen LogP contribution in [-0.2, 0) is 36.0 Å². The van der Waals surface area contributed by atoms with E-state index < -0.39 is 72.9 Å². The lowest BCUT2D eigenvalue weighted by Gasteiger charge is -2.21. The number of aromatic nitrogens is 1. The molecule has 0 radical (unpaired) electrons. The Morgan fingerprint density at radius 1 is 0.867 bits per heavy atom. The van der Waals surface area contributed by atoms with Crippen LogP contribution in [0.5, 0.6) is 5.75 Å². The van der Waals surface area contributed by atoms with Crippen LogP contribution in [0.25, 0.3) is 11.1 Å². The fourth-order valence-electron chi connectivity index (χ4n) is 4.80. The number of nitrogens with one attached hydrogen (secondary N) is 1. The van der Waals surface area contributed by atoms with Crippen LogP contribution in [0.4, 0.5) is 8.78 Å². The number of para-hydroxylation sites is 3. The van der Waals surface area contributed by atoms with Crippen LogP contribution in [0, 0.1) is 5.92 Å². The molecule has 1 unspecified atom stereocenters. The topological polar surface area (TPSA) is 150 Å². The van der Waals surface area contributed by atoms with Gasteiger partial charge >= 0.3 is 6.61 Å². The number of alkyl halides is 2. The number of hydrogen-bond donors (Lipinski definition) is 1. The molecule has 4 rings (SSSR count). The molecule has 1 aromatic heterocycles. The number of carbonyl (C=O) groups is 2. The molecule has 2 atom stereocenters. The summed E-state index contributed by atoms with van der Waals surface area (Å²) in [6, 6.07) is 18.9. The van der Waals surface area contributed by atoms with Crippen LogP contribution in [0.2, 0.25) is 0 Å². The summed E-state index contributed by atoms with van der Waals surface area (Å²) in [5.41, 5.74) is 1.13. The van der Waals surface area contributed by atoms with E-state index in [-0.39, 0.29) is 23.6 Å². The highest BCUT2D eigenvalue weighted by atomic mass is 32.2. The highest BCUT2D eigenvalue weighted by Gasteiger charge is 2.34. The largest absolute Gasteiger partial charge is 0.435 e. The van der Waals surface area contributed by atoms with Crippen molar-refractivity contribution < 1.29 is 44.4 Å². The molecule has 45 heavy (non-hydrogen) atoms. The van der Waals surface area contributed by atoms with E-state index in [1.54, 1.807) is 61.5 Å². The number of amides is 1. The van der Waals surface area contributed by atoms with Gasteiger partial charge in [-0.15, -0.1) is 0 Å². The number of hydrogen-bond acceptors (Lipinski definition) is 9. The summed E-state index contributed by atoms with van der Waals surface area (Å²) in [5.74, 6) is -6.93. The first-order valence-electron chi connectivity index (χ1n) is 14.0. The minimum absolute atomic E-state index is 0.0842. The number of oxazole rings is 1. The summed E-state index contributed by atoms with van der Waals surface area (Å²) in [4.78, 5) is 31.2. The molecule has 3 aromatic carbocycles. The van der Waals surface area contributed by atoms with Crippen LogP contribution >= 0.6 is 0 Å². The van der Waals surface area contributed by atoms with Crippen LogP contribution in [0.1, 0.15) is 41.6 Å². The summed E-state index contributed by atoms with van der Waals surface area (Å²) >= 11 is 0. The highest BCUT2D eigenvalue weighted by molar-refractivity contribution is 7.91. The first kappa shape index (κ1) is 33.7. The van der Waals surface area contributed by atoms with Gasteiger partial charge in [-0.3, -0.25) is 9.59 Å². The lowest BCUT2D eigenvalue weighted by atomic mass is 10.1. The molecule has 0 bridgehead atoms. The van der Waals surface area contributed by atoms with Crippen LogP contribution in [-0.4, -0.2) is 57.7 Å². The van der Waals surface area contributed by atoms with Crippen molar-refractivity contribution in [3.05, 3.63) is 95.9 Å². The second kappa shape index (κ2) is 14.7. The highest BCUT2D eigenvalue weighted by Crippen LogP contribution is 2.24. The molecule has 0 fully saturated rings. The molecular weight excluding hydrogens is 630 g/mol. The molecule has 0 aliphatic heterocycles. The first-order valence-corrected chi connectivity index (χ1v) is 17.7. The predicted molar refractivity (Wildman–Crippen MR) is 163 cm³/mol. The Balaban J connectivity index is 1.60. The van der Waals surface area contributed by atoms with Crippen molar-refractivity contribution in [1.82, 2.24) is 10.3 Å². The van der Waals surface area contributed by atoms with E-state index in [0.29, 0.717) is 23.1 Å². The Kier molecular flexibility index (Phi) is 11.0. The Labute approximate surface area is 259 Å². The SMILES string of the molecule is CCC[C@H](NC(=O)C(CS(=O)(=O)Cc1ccccc1)CS(=O)(=O)Cc1ccccc1OC(F)F)C(=O)c1nc2ccccc2o1. The van der Waals surface area contributed by atoms with Gasteiger partial charge in [-0.1, -0.05) is 74.0 Å². The summed E-state index contributed by atoms with van der Waals surface area (Å²) < 4.78 is 89.0. The molecule has 4 aromatic rings. The molecule has 1 heterocycles. The summed E-state index contributed by atoms with van der Waals surface area (Å²) in [5, 5.41) is 2.53. The van der Waals surface area contributed by atoms with E-state index in [2.05, 4.69) is 15.0 Å². The second-order valence-corrected chi connectivity index (χ2v) is 14.7. The minimum atomic E-state index is -4.29. The summed E-state index contributed by atoms with van der Waals surface area (Å²) in [7, 11) is -8.34. The van der Waals surface area contributed by atoms with Gasteiger partial charge in [0.25, 0.3) is 5.89 Å². The molecule has 14 heteroatoms. The Morgan fingerprint density at radius 3 is 2.16 bits per heavy atom. The third-order valence-corrected chi connectivity index (χ3v) is 10.1. The molecule has 0 saturated carbocycles. The number of Topliss-reactive ketones (excluding diaryl/α,β-unsaturated/α-hetero) is 1. The van der Waals surface area contributed by atoms with E-state index in [9.17, 15) is 35.2 Å². The maximum absolute atomic E-state index is 13.6. The Hall–Kier alpha value is -4.17. The first-order chi connectivity index (χ1) is 21.4. The third-order valence-electron chi connectivity index (χ3n) is 6.79. The van der Waals surface area contributed by atoms with E-state index in [1.807, 2.05) is 0 Å². The molecule has 1 amide bonds. The average molecular weight is 663 g/mol. The standard InChI is InChI=1S/C31H32F2N2O8S2/c1-2-10-25(28(36)30-35-24-14-7-9-16-27(24)42-30)34-29(37)23(19-44(38,39)17-21-11-4-3-5-12-21)20-45(40,41)18-22-13-6-8-15-26(22)43-31(32)33/h3-9,11-16,23,25,31H,2,10,17-20H2,1H3,(H,34,37)/t23?,25-/m0/s1. The Morgan fingerprint density at radius 2 is 1.49 bits per heavy atom. The van der Waals surface area contributed by atoms with Gasteiger partial charge in [0.1, 0.15) is 11.3 Å². The van der Waals surface area contributed by atoms with Gasteiger partial charge in [0.05, 0.1) is 35.0 Å². The van der Waals surface area contributed by atoms with Gasteiger partial charge in [-0.25, -0.2) is 21.8 Å². The number of halogens is 2. The lowest BCUT2D eigenvalue weighted by Crippen LogP contribution is -2.47. The molecule has 240 valence electrons. The summed E-state index contributed by atoms with van der Waals surface area (Å²) in [6.07, 6.45) is 0.574. The van der Waals surface area contributed by atoms with E-state index in [0.717, 1.165) is 0 Å². The zero-order valence-corrected chi connectivity index (χ0v) is 25.9. The number of carbonyl (C=O) groups excluding carboxylic acids is 2. The van der Waals surface area contributed by atoms with Gasteiger partial charge in [0, 0.05) is 5.56 Å². The molecule has 1 N–H and O–H groups in total. The quantitative estimate of drug-likeness (QED) is 0.168. The Bertz CT molecular complexity index is 1810.